The number of amides is 2. The van der Waals surface area contributed by atoms with Gasteiger partial charge >= 0.3 is 18.0 Å². The van der Waals surface area contributed by atoms with Gasteiger partial charge in [0.05, 0.1) is 13.5 Å². The van der Waals surface area contributed by atoms with Crippen LogP contribution in [0.1, 0.15) is 19.8 Å². The molecule has 0 atom stereocenters. The van der Waals surface area contributed by atoms with Gasteiger partial charge in [0, 0.05) is 20.1 Å². The molecule has 0 aliphatic heterocycles. The third-order valence-corrected chi connectivity index (χ3v) is 2.30. The van der Waals surface area contributed by atoms with Crippen molar-refractivity contribution >= 4 is 18.0 Å². The molecule has 0 rings (SSSR count). The SMILES string of the molecule is CCCN(CC(=O)O)C(=O)N(C)CCC(=O)OC. The standard InChI is InChI=1S/C11H20N2O5/c1-4-6-13(8-9(14)15)11(17)12(2)7-5-10(16)18-3/h4-8H2,1-3H3,(H,14,15). The summed E-state index contributed by atoms with van der Waals surface area (Å²) in [6.07, 6.45) is 0.760. The van der Waals surface area contributed by atoms with Crippen molar-refractivity contribution in [1.29, 1.82) is 0 Å². The molecule has 0 heterocycles. The fourth-order valence-electron chi connectivity index (χ4n) is 1.37. The summed E-state index contributed by atoms with van der Waals surface area (Å²) in [7, 11) is 2.80. The first-order valence-corrected chi connectivity index (χ1v) is 5.71. The summed E-state index contributed by atoms with van der Waals surface area (Å²) in [5.74, 6) is -1.46. The van der Waals surface area contributed by atoms with E-state index >= 15 is 0 Å². The number of ether oxygens (including phenoxy) is 1. The van der Waals surface area contributed by atoms with Crippen molar-refractivity contribution in [2.24, 2.45) is 0 Å². The highest BCUT2D eigenvalue weighted by atomic mass is 16.5. The van der Waals surface area contributed by atoms with E-state index in [1.807, 2.05) is 6.92 Å². The van der Waals surface area contributed by atoms with E-state index in [4.69, 9.17) is 5.11 Å². The lowest BCUT2D eigenvalue weighted by Crippen LogP contribution is -2.44. The van der Waals surface area contributed by atoms with Gasteiger partial charge in [-0.25, -0.2) is 4.79 Å². The van der Waals surface area contributed by atoms with Crippen LogP contribution in [-0.2, 0) is 14.3 Å². The summed E-state index contributed by atoms with van der Waals surface area (Å²) >= 11 is 0. The van der Waals surface area contributed by atoms with Crippen LogP contribution in [0, 0.1) is 0 Å². The van der Waals surface area contributed by atoms with E-state index < -0.39 is 18.0 Å². The van der Waals surface area contributed by atoms with Crippen LogP contribution in [-0.4, -0.2) is 66.7 Å². The summed E-state index contributed by atoms with van der Waals surface area (Å²) in [6.45, 7) is 2.09. The number of carbonyl (C=O) groups excluding carboxylic acids is 2. The Morgan fingerprint density at radius 2 is 1.83 bits per heavy atom. The van der Waals surface area contributed by atoms with Crippen molar-refractivity contribution in [2.75, 3.05) is 33.8 Å². The largest absolute Gasteiger partial charge is 0.480 e. The second-order valence-electron chi connectivity index (χ2n) is 3.85. The maximum Gasteiger partial charge on any atom is 0.323 e. The van der Waals surface area contributed by atoms with Gasteiger partial charge in [-0.05, 0) is 6.42 Å². The molecule has 1 N–H and O–H groups in total. The Hall–Kier alpha value is -1.79. The number of esters is 1. The van der Waals surface area contributed by atoms with Gasteiger partial charge in [0.15, 0.2) is 0 Å². The Morgan fingerprint density at radius 3 is 2.28 bits per heavy atom. The zero-order valence-corrected chi connectivity index (χ0v) is 11.0. The molecule has 0 aliphatic carbocycles. The zero-order valence-electron chi connectivity index (χ0n) is 11.0. The molecule has 0 aromatic heterocycles. The van der Waals surface area contributed by atoms with Crippen molar-refractivity contribution in [1.82, 2.24) is 9.80 Å². The molecule has 0 aromatic carbocycles. The highest BCUT2D eigenvalue weighted by Crippen LogP contribution is 2.00. The van der Waals surface area contributed by atoms with Gasteiger partial charge in [-0.1, -0.05) is 6.92 Å². The molecule has 7 heteroatoms. The smallest absolute Gasteiger partial charge is 0.323 e. The lowest BCUT2D eigenvalue weighted by molar-refractivity contribution is -0.141. The second-order valence-corrected chi connectivity index (χ2v) is 3.85. The van der Waals surface area contributed by atoms with Gasteiger partial charge < -0.3 is 19.6 Å². The predicted molar refractivity (Wildman–Crippen MR) is 64.2 cm³/mol. The number of hydrogen-bond donors (Lipinski definition) is 1. The number of hydrogen-bond acceptors (Lipinski definition) is 4. The number of rotatable bonds is 7. The van der Waals surface area contributed by atoms with E-state index in [0.717, 1.165) is 0 Å². The Kier molecular flexibility index (Phi) is 7.50. The lowest BCUT2D eigenvalue weighted by Gasteiger charge is -2.26. The van der Waals surface area contributed by atoms with E-state index in [1.54, 1.807) is 0 Å². The molecule has 0 aliphatic rings. The van der Waals surface area contributed by atoms with Crippen molar-refractivity contribution in [2.45, 2.75) is 19.8 Å². The molecule has 0 radical (unpaired) electrons. The third-order valence-electron chi connectivity index (χ3n) is 2.30. The lowest BCUT2D eigenvalue weighted by atomic mass is 10.4. The quantitative estimate of drug-likeness (QED) is 0.669. The number of carboxylic acids is 1. The van der Waals surface area contributed by atoms with E-state index in [-0.39, 0.29) is 19.5 Å². The maximum absolute atomic E-state index is 11.9. The van der Waals surface area contributed by atoms with E-state index in [0.29, 0.717) is 13.0 Å². The first-order chi connectivity index (χ1) is 8.42. The van der Waals surface area contributed by atoms with Crippen LogP contribution in [0.3, 0.4) is 0 Å². The fourth-order valence-corrected chi connectivity index (χ4v) is 1.37. The topological polar surface area (TPSA) is 87.2 Å². The Labute approximate surface area is 106 Å². The fraction of sp³-hybridized carbons (Fsp3) is 0.727. The Bertz CT molecular complexity index is 306. The third kappa shape index (κ3) is 6.07. The van der Waals surface area contributed by atoms with Gasteiger partial charge in [0.25, 0.3) is 0 Å². The molecule has 0 aromatic rings. The van der Waals surface area contributed by atoms with Gasteiger partial charge in [-0.3, -0.25) is 9.59 Å². The summed E-state index contributed by atoms with van der Waals surface area (Å²) in [5, 5.41) is 8.71. The first-order valence-electron chi connectivity index (χ1n) is 5.71. The highest BCUT2D eigenvalue weighted by Gasteiger charge is 2.20. The summed E-state index contributed by atoms with van der Waals surface area (Å²) in [4.78, 5) is 36.0. The molecule has 0 fully saturated rings. The van der Waals surface area contributed by atoms with Gasteiger partial charge in [0.2, 0.25) is 0 Å². The molecule has 7 nitrogen and oxygen atoms in total. The zero-order chi connectivity index (χ0) is 14.1. The van der Waals surface area contributed by atoms with Crippen LogP contribution in [0.5, 0.6) is 0 Å². The van der Waals surface area contributed by atoms with Gasteiger partial charge in [0.1, 0.15) is 6.54 Å². The molecule has 0 saturated heterocycles. The van der Waals surface area contributed by atoms with Crippen molar-refractivity contribution in [3.05, 3.63) is 0 Å². The van der Waals surface area contributed by atoms with E-state index in [2.05, 4.69) is 4.74 Å². The van der Waals surface area contributed by atoms with Crippen LogP contribution in [0.15, 0.2) is 0 Å². The minimum atomic E-state index is -1.06. The number of carbonyl (C=O) groups is 3. The monoisotopic (exact) mass is 260 g/mol. The number of nitrogens with zero attached hydrogens (tertiary/aromatic N) is 2. The molecule has 0 spiro atoms. The summed E-state index contributed by atoms with van der Waals surface area (Å²) in [6, 6.07) is -0.400. The molecule has 0 bridgehead atoms. The average Bonchev–Trinajstić information content (AvgIpc) is 2.33. The van der Waals surface area contributed by atoms with Crippen LogP contribution >= 0.6 is 0 Å². The van der Waals surface area contributed by atoms with Gasteiger partial charge in [-0.2, -0.15) is 0 Å². The number of methoxy groups -OCH3 is 1. The normalized spacial score (nSPS) is 9.72. The Balaban J connectivity index is 4.36. The van der Waals surface area contributed by atoms with E-state index in [1.165, 1.54) is 24.0 Å². The minimum Gasteiger partial charge on any atom is -0.480 e. The number of aliphatic carboxylic acids is 1. The molecule has 18 heavy (non-hydrogen) atoms. The highest BCUT2D eigenvalue weighted by molar-refractivity contribution is 5.80. The van der Waals surface area contributed by atoms with Crippen LogP contribution in [0.4, 0.5) is 4.79 Å². The minimum absolute atomic E-state index is 0.0891. The van der Waals surface area contributed by atoms with Crippen LogP contribution in [0.25, 0.3) is 0 Å². The maximum atomic E-state index is 11.9. The molecule has 0 unspecified atom stereocenters. The van der Waals surface area contributed by atoms with E-state index in [9.17, 15) is 14.4 Å². The molecular weight excluding hydrogens is 240 g/mol. The number of carboxylic acid groups (broad SMARTS) is 1. The predicted octanol–water partition coefficient (Wildman–Crippen LogP) is 0.398. The molecule has 104 valence electrons. The van der Waals surface area contributed by atoms with Crippen molar-refractivity contribution < 1.29 is 24.2 Å². The van der Waals surface area contributed by atoms with Gasteiger partial charge in [-0.15, -0.1) is 0 Å². The first kappa shape index (κ1) is 16.2. The molecule has 2 amide bonds. The van der Waals surface area contributed by atoms with Crippen molar-refractivity contribution in [3.63, 3.8) is 0 Å². The average molecular weight is 260 g/mol. The molecular formula is C11H20N2O5. The Morgan fingerprint density at radius 1 is 1.22 bits per heavy atom. The number of urea groups is 1. The summed E-state index contributed by atoms with van der Waals surface area (Å²) in [5.41, 5.74) is 0. The van der Waals surface area contributed by atoms with Crippen LogP contribution < -0.4 is 0 Å². The second kappa shape index (κ2) is 8.32. The summed E-state index contributed by atoms with van der Waals surface area (Å²) < 4.78 is 4.47. The molecule has 0 saturated carbocycles. The van der Waals surface area contributed by atoms with Crippen LogP contribution in [0.2, 0.25) is 0 Å². The van der Waals surface area contributed by atoms with Crippen molar-refractivity contribution in [3.8, 4) is 0 Å².